The molecule has 0 amide bonds. The number of fused-ring (bicyclic) bond motifs is 12. The average molecular weight is 844 g/mol. The monoisotopic (exact) mass is 843 g/mol. The second kappa shape index (κ2) is 14.7. The summed E-state index contributed by atoms with van der Waals surface area (Å²) in [5.74, 6) is 0. The number of rotatable bonds is 6. The molecular weight excluding hydrogens is 799 g/mol. The number of furan rings is 1. The summed E-state index contributed by atoms with van der Waals surface area (Å²) in [6.07, 6.45) is 0. The first-order chi connectivity index (χ1) is 32.5. The molecule has 312 valence electrons. The molecule has 0 bridgehead atoms. The van der Waals surface area contributed by atoms with Crippen LogP contribution >= 0.6 is 0 Å². The lowest BCUT2D eigenvalue weighted by Crippen LogP contribution is -2.40. The van der Waals surface area contributed by atoms with Crippen molar-refractivity contribution in [1.29, 1.82) is 0 Å². The first-order valence-corrected chi connectivity index (χ1v) is 23.0. The highest BCUT2D eigenvalue weighted by Crippen LogP contribution is 2.62. The fourth-order valence-corrected chi connectivity index (χ4v) is 11.6. The number of benzene rings is 10. The lowest BCUT2D eigenvalue weighted by Gasteiger charge is -2.46. The van der Waals surface area contributed by atoms with Crippen molar-refractivity contribution in [1.82, 2.24) is 0 Å². The summed E-state index contributed by atoms with van der Waals surface area (Å²) in [6.45, 7) is 4.76. The highest BCUT2D eigenvalue weighted by molar-refractivity contribution is 6.14. The van der Waals surface area contributed by atoms with Gasteiger partial charge in [0.05, 0.1) is 16.8 Å². The predicted octanol–water partition coefficient (Wildman–Crippen LogP) is 17.1. The lowest BCUT2D eigenvalue weighted by atomic mass is 9.55. The summed E-state index contributed by atoms with van der Waals surface area (Å²) in [6, 6.07) is 86.6. The summed E-state index contributed by atoms with van der Waals surface area (Å²) in [5.41, 5.74) is 21.7. The molecule has 10 aromatic carbocycles. The van der Waals surface area contributed by atoms with E-state index >= 15 is 0 Å². The van der Waals surface area contributed by atoms with E-state index in [0.717, 1.165) is 61.3 Å². The Morgan fingerprint density at radius 2 is 0.803 bits per heavy atom. The van der Waals surface area contributed by atoms with Gasteiger partial charge in [-0.05, 0) is 97.1 Å². The van der Waals surface area contributed by atoms with E-state index in [1.807, 2.05) is 0 Å². The van der Waals surface area contributed by atoms with E-state index in [-0.39, 0.29) is 5.41 Å². The highest BCUT2D eigenvalue weighted by atomic mass is 16.3. The molecule has 11 aromatic rings. The van der Waals surface area contributed by atoms with E-state index in [4.69, 9.17) is 4.42 Å². The maximum Gasteiger partial charge on any atom is 0.159 e. The molecule has 0 N–H and O–H groups in total. The molecule has 0 aliphatic heterocycles. The van der Waals surface area contributed by atoms with Gasteiger partial charge in [-0.1, -0.05) is 220 Å². The van der Waals surface area contributed by atoms with E-state index in [1.54, 1.807) is 0 Å². The van der Waals surface area contributed by atoms with Crippen LogP contribution < -0.4 is 4.90 Å². The van der Waals surface area contributed by atoms with Crippen LogP contribution in [0.4, 0.5) is 17.1 Å². The minimum atomic E-state index is -0.484. The van der Waals surface area contributed by atoms with Crippen molar-refractivity contribution in [3.8, 4) is 44.5 Å². The average Bonchev–Trinajstić information content (AvgIpc) is 3.91. The molecule has 0 fully saturated rings. The molecule has 2 aliphatic carbocycles. The van der Waals surface area contributed by atoms with Crippen LogP contribution in [0.5, 0.6) is 0 Å². The van der Waals surface area contributed by atoms with Gasteiger partial charge in [-0.15, -0.1) is 0 Å². The standard InChI is InChI=1S/C64H45NO/c1-63(2)54-29-12-14-31-56(54)64(57-32-15-13-30-55(57)63)53-28-11-9-24-49(53)50-40-37-45(41-58(50)64)48-25-17-26-51-52-27-18-34-60(62(52)66-61(48)51)65(46-38-35-43(36-39-46)42-19-5-3-6-20-42)59-33-16-10-23-47(59)44-21-7-4-8-22-44/h3-41H,1-2H3. The van der Waals surface area contributed by atoms with Gasteiger partial charge >= 0.3 is 0 Å². The Labute approximate surface area is 385 Å². The molecule has 1 heterocycles. The van der Waals surface area contributed by atoms with Crippen molar-refractivity contribution in [2.24, 2.45) is 0 Å². The van der Waals surface area contributed by atoms with Gasteiger partial charge < -0.3 is 9.32 Å². The third kappa shape index (κ3) is 5.48. The van der Waals surface area contributed by atoms with Crippen molar-refractivity contribution in [2.75, 3.05) is 4.90 Å². The molecule has 1 aromatic heterocycles. The van der Waals surface area contributed by atoms with Crippen LogP contribution in [0, 0.1) is 0 Å². The number of hydrogen-bond donors (Lipinski definition) is 0. The molecule has 2 nitrogen and oxygen atoms in total. The Hall–Kier alpha value is -8.20. The summed E-state index contributed by atoms with van der Waals surface area (Å²) in [7, 11) is 0. The van der Waals surface area contributed by atoms with Crippen LogP contribution in [0.25, 0.3) is 66.4 Å². The fraction of sp³-hybridized carbons (Fsp3) is 0.0625. The molecule has 0 saturated carbocycles. The Morgan fingerprint density at radius 1 is 0.318 bits per heavy atom. The zero-order valence-electron chi connectivity index (χ0n) is 36.9. The molecule has 1 spiro atoms. The van der Waals surface area contributed by atoms with E-state index in [0.29, 0.717) is 0 Å². The summed E-state index contributed by atoms with van der Waals surface area (Å²) in [5, 5.41) is 2.17. The quantitative estimate of drug-likeness (QED) is 0.166. The van der Waals surface area contributed by atoms with Crippen LogP contribution in [-0.4, -0.2) is 0 Å². The van der Waals surface area contributed by atoms with Crippen molar-refractivity contribution in [3.63, 3.8) is 0 Å². The van der Waals surface area contributed by atoms with E-state index in [2.05, 4.69) is 255 Å². The zero-order valence-corrected chi connectivity index (χ0v) is 36.9. The SMILES string of the molecule is CC1(C)c2ccccc2C2(c3ccccc3-c3ccc(-c4cccc5c4oc4c(N(c6ccc(-c7ccccc7)cc6)c6ccccc6-c6ccccc6)cccc45)cc32)c2ccccc21. The number of hydrogen-bond acceptors (Lipinski definition) is 2. The maximum atomic E-state index is 7.35. The highest BCUT2D eigenvalue weighted by Gasteiger charge is 2.53. The normalized spacial score (nSPS) is 13.8. The molecule has 66 heavy (non-hydrogen) atoms. The molecule has 2 aliphatic rings. The van der Waals surface area contributed by atoms with Gasteiger partial charge in [-0.25, -0.2) is 0 Å². The molecule has 2 heteroatoms. The second-order valence-corrected chi connectivity index (χ2v) is 18.3. The molecular formula is C64H45NO. The zero-order chi connectivity index (χ0) is 44.0. The van der Waals surface area contributed by atoms with Crippen LogP contribution in [0.2, 0.25) is 0 Å². The molecule has 0 saturated heterocycles. The van der Waals surface area contributed by atoms with Crippen LogP contribution in [-0.2, 0) is 10.8 Å². The van der Waals surface area contributed by atoms with E-state index < -0.39 is 5.41 Å². The molecule has 0 radical (unpaired) electrons. The Bertz CT molecular complexity index is 3620. The van der Waals surface area contributed by atoms with Crippen molar-refractivity contribution in [2.45, 2.75) is 24.7 Å². The minimum Gasteiger partial charge on any atom is -0.453 e. The van der Waals surface area contributed by atoms with Crippen LogP contribution in [0.15, 0.2) is 241 Å². The van der Waals surface area contributed by atoms with E-state index in [1.165, 1.54) is 55.6 Å². The first-order valence-electron chi connectivity index (χ1n) is 23.0. The van der Waals surface area contributed by atoms with Crippen molar-refractivity contribution < 1.29 is 4.42 Å². The van der Waals surface area contributed by atoms with Crippen molar-refractivity contribution in [3.05, 3.63) is 270 Å². The smallest absolute Gasteiger partial charge is 0.159 e. The van der Waals surface area contributed by atoms with E-state index in [9.17, 15) is 0 Å². The molecule has 0 unspecified atom stereocenters. The summed E-state index contributed by atoms with van der Waals surface area (Å²) in [4.78, 5) is 2.37. The second-order valence-electron chi connectivity index (χ2n) is 18.3. The third-order valence-electron chi connectivity index (χ3n) is 14.6. The van der Waals surface area contributed by atoms with Crippen molar-refractivity contribution >= 4 is 39.0 Å². The fourth-order valence-electron chi connectivity index (χ4n) is 11.6. The lowest BCUT2D eigenvalue weighted by molar-refractivity contribution is 0.563. The number of para-hydroxylation sites is 3. The Kier molecular flexibility index (Phi) is 8.51. The van der Waals surface area contributed by atoms with Gasteiger partial charge in [-0.3, -0.25) is 0 Å². The summed E-state index contributed by atoms with van der Waals surface area (Å²) >= 11 is 0. The summed E-state index contributed by atoms with van der Waals surface area (Å²) < 4.78 is 7.35. The third-order valence-corrected chi connectivity index (χ3v) is 14.6. The topological polar surface area (TPSA) is 16.4 Å². The largest absolute Gasteiger partial charge is 0.453 e. The predicted molar refractivity (Wildman–Crippen MR) is 274 cm³/mol. The number of anilines is 3. The van der Waals surface area contributed by atoms with Crippen LogP contribution in [0.1, 0.15) is 47.2 Å². The van der Waals surface area contributed by atoms with Gasteiger partial charge in [-0.2, -0.15) is 0 Å². The first kappa shape index (κ1) is 38.3. The molecule has 13 rings (SSSR count). The van der Waals surface area contributed by atoms with Gasteiger partial charge in [0.25, 0.3) is 0 Å². The Balaban J connectivity index is 1.03. The van der Waals surface area contributed by atoms with Gasteiger partial charge in [0.2, 0.25) is 0 Å². The van der Waals surface area contributed by atoms with Gasteiger partial charge in [0.15, 0.2) is 5.58 Å². The maximum absolute atomic E-state index is 7.35. The minimum absolute atomic E-state index is 0.162. The number of nitrogens with zero attached hydrogens (tertiary/aromatic N) is 1. The van der Waals surface area contributed by atoms with Gasteiger partial charge in [0, 0.05) is 33.0 Å². The molecule has 0 atom stereocenters. The Morgan fingerprint density at radius 3 is 1.50 bits per heavy atom. The van der Waals surface area contributed by atoms with Crippen LogP contribution in [0.3, 0.4) is 0 Å². The van der Waals surface area contributed by atoms with Gasteiger partial charge in [0.1, 0.15) is 5.58 Å².